The summed E-state index contributed by atoms with van der Waals surface area (Å²) in [6, 6.07) is 5.93. The summed E-state index contributed by atoms with van der Waals surface area (Å²) < 4.78 is 1.37. The fourth-order valence-electron chi connectivity index (χ4n) is 4.84. The van der Waals surface area contributed by atoms with Crippen molar-refractivity contribution in [2.24, 2.45) is 5.92 Å². The predicted molar refractivity (Wildman–Crippen MR) is 102 cm³/mol. The number of aliphatic carboxylic acids is 1. The summed E-state index contributed by atoms with van der Waals surface area (Å²) in [6.07, 6.45) is 4.40. The number of aromatic amines is 1. The topological polar surface area (TPSA) is 112 Å². The van der Waals surface area contributed by atoms with E-state index in [1.807, 2.05) is 0 Å². The van der Waals surface area contributed by atoms with Crippen molar-refractivity contribution in [1.29, 1.82) is 0 Å². The van der Waals surface area contributed by atoms with E-state index in [9.17, 15) is 24.3 Å². The highest BCUT2D eigenvalue weighted by atomic mass is 16.4. The van der Waals surface area contributed by atoms with Gasteiger partial charge >= 0.3 is 11.7 Å². The van der Waals surface area contributed by atoms with Crippen LogP contribution in [-0.2, 0) is 16.1 Å². The summed E-state index contributed by atoms with van der Waals surface area (Å²) in [5.74, 6) is -0.964. The van der Waals surface area contributed by atoms with Crippen molar-refractivity contribution < 1.29 is 14.7 Å². The molecule has 2 heterocycles. The Morgan fingerprint density at radius 2 is 1.89 bits per heavy atom. The van der Waals surface area contributed by atoms with Crippen LogP contribution in [0.2, 0.25) is 0 Å². The first-order valence-electron chi connectivity index (χ1n) is 9.73. The quantitative estimate of drug-likeness (QED) is 0.824. The van der Waals surface area contributed by atoms with E-state index in [1.165, 1.54) is 4.57 Å². The molecule has 2 fully saturated rings. The number of nitrogens with one attached hydrogen (secondary N) is 1. The molecule has 3 atom stereocenters. The smallest absolute Gasteiger partial charge is 0.328 e. The largest absolute Gasteiger partial charge is 0.480 e. The maximum atomic E-state index is 13.0. The SMILES string of the molecule is O=C(O)[C@@H]1C[C@H]2CCCC[C@@H]2N1C(=O)CCn1c(=O)[nH]c(=O)c2ccccc21. The summed E-state index contributed by atoms with van der Waals surface area (Å²) in [5.41, 5.74) is -0.558. The van der Waals surface area contributed by atoms with Gasteiger partial charge in [-0.2, -0.15) is 0 Å². The van der Waals surface area contributed by atoms with Crippen LogP contribution in [-0.4, -0.2) is 43.5 Å². The van der Waals surface area contributed by atoms with Crippen LogP contribution < -0.4 is 11.2 Å². The van der Waals surface area contributed by atoms with Crippen molar-refractivity contribution in [3.63, 3.8) is 0 Å². The molecule has 2 aliphatic rings. The van der Waals surface area contributed by atoms with E-state index in [-0.39, 0.29) is 30.8 Å². The van der Waals surface area contributed by atoms with E-state index in [1.54, 1.807) is 29.2 Å². The van der Waals surface area contributed by atoms with E-state index in [2.05, 4.69) is 4.98 Å². The number of aromatic nitrogens is 2. The van der Waals surface area contributed by atoms with Crippen LogP contribution in [0.25, 0.3) is 10.9 Å². The Morgan fingerprint density at radius 3 is 2.68 bits per heavy atom. The van der Waals surface area contributed by atoms with Crippen LogP contribution in [0.15, 0.2) is 33.9 Å². The third kappa shape index (κ3) is 3.12. The van der Waals surface area contributed by atoms with Gasteiger partial charge in [0.2, 0.25) is 5.91 Å². The molecule has 1 aliphatic heterocycles. The first kappa shape index (κ1) is 18.5. The second-order valence-electron chi connectivity index (χ2n) is 7.68. The summed E-state index contributed by atoms with van der Waals surface area (Å²) in [6.45, 7) is 0.0924. The highest BCUT2D eigenvalue weighted by Crippen LogP contribution is 2.40. The Balaban J connectivity index is 1.59. The standard InChI is InChI=1S/C20H23N3O5/c24-17(23-14-7-3-1-5-12(14)11-16(23)19(26)27)9-10-22-15-8-4-2-6-13(15)18(25)21-20(22)28/h2,4,6,8,12,14,16H,1,3,5,7,9-11H2,(H,26,27)(H,21,25,28)/t12-,14+,16+/m1/s1. The van der Waals surface area contributed by atoms with E-state index in [0.29, 0.717) is 17.3 Å². The summed E-state index contributed by atoms with van der Waals surface area (Å²) in [5, 5.41) is 9.97. The van der Waals surface area contributed by atoms with Gasteiger partial charge in [0.05, 0.1) is 10.9 Å². The third-order valence-corrected chi connectivity index (χ3v) is 6.12. The first-order chi connectivity index (χ1) is 13.5. The molecule has 1 aliphatic carbocycles. The highest BCUT2D eigenvalue weighted by molar-refractivity contribution is 5.85. The molecule has 8 heteroatoms. The van der Waals surface area contributed by atoms with Gasteiger partial charge in [-0.25, -0.2) is 9.59 Å². The number of carbonyl (C=O) groups is 2. The molecule has 28 heavy (non-hydrogen) atoms. The number of carboxylic acid groups (broad SMARTS) is 1. The Hall–Kier alpha value is -2.90. The molecular formula is C20H23N3O5. The Kier molecular flexibility index (Phi) is 4.78. The third-order valence-electron chi connectivity index (χ3n) is 6.12. The molecule has 2 aromatic rings. The zero-order valence-electron chi connectivity index (χ0n) is 15.5. The molecule has 2 N–H and O–H groups in total. The van der Waals surface area contributed by atoms with Crippen molar-refractivity contribution in [2.75, 3.05) is 0 Å². The van der Waals surface area contributed by atoms with Crippen molar-refractivity contribution in [3.8, 4) is 0 Å². The lowest BCUT2D eigenvalue weighted by molar-refractivity contribution is -0.150. The molecular weight excluding hydrogens is 362 g/mol. The van der Waals surface area contributed by atoms with Gasteiger partial charge in [0.25, 0.3) is 5.56 Å². The molecule has 0 radical (unpaired) electrons. The summed E-state index contributed by atoms with van der Waals surface area (Å²) in [7, 11) is 0. The van der Waals surface area contributed by atoms with Crippen LogP contribution in [0.4, 0.5) is 0 Å². The lowest BCUT2D eigenvalue weighted by Gasteiger charge is -2.33. The van der Waals surface area contributed by atoms with Gasteiger partial charge in [-0.05, 0) is 37.3 Å². The first-order valence-corrected chi connectivity index (χ1v) is 9.73. The van der Waals surface area contributed by atoms with Crippen molar-refractivity contribution in [3.05, 3.63) is 45.1 Å². The average Bonchev–Trinajstić information content (AvgIpc) is 3.07. The van der Waals surface area contributed by atoms with Crippen LogP contribution >= 0.6 is 0 Å². The molecule has 148 valence electrons. The number of para-hydroxylation sites is 1. The van der Waals surface area contributed by atoms with Gasteiger partial charge in [0, 0.05) is 19.0 Å². The number of amides is 1. The average molecular weight is 385 g/mol. The minimum Gasteiger partial charge on any atom is -0.480 e. The lowest BCUT2D eigenvalue weighted by Crippen LogP contribution is -2.46. The number of carboxylic acids is 1. The van der Waals surface area contributed by atoms with Gasteiger partial charge in [0.1, 0.15) is 6.04 Å². The van der Waals surface area contributed by atoms with Gasteiger partial charge in [-0.1, -0.05) is 25.0 Å². The summed E-state index contributed by atoms with van der Waals surface area (Å²) >= 11 is 0. The Labute approximate surface area is 160 Å². The van der Waals surface area contributed by atoms with Gasteiger partial charge in [0.15, 0.2) is 0 Å². The van der Waals surface area contributed by atoms with Gasteiger partial charge in [-0.15, -0.1) is 0 Å². The fraction of sp³-hybridized carbons (Fsp3) is 0.500. The number of hydrogen-bond acceptors (Lipinski definition) is 4. The second kappa shape index (κ2) is 7.26. The molecule has 0 bridgehead atoms. The van der Waals surface area contributed by atoms with E-state index < -0.39 is 23.3 Å². The monoisotopic (exact) mass is 385 g/mol. The normalized spacial score (nSPS) is 24.3. The zero-order valence-corrected chi connectivity index (χ0v) is 15.5. The van der Waals surface area contributed by atoms with Crippen LogP contribution in [0.3, 0.4) is 0 Å². The zero-order chi connectivity index (χ0) is 19.8. The molecule has 1 aromatic heterocycles. The van der Waals surface area contributed by atoms with Crippen LogP contribution in [0, 0.1) is 5.92 Å². The number of aryl methyl sites for hydroxylation is 1. The van der Waals surface area contributed by atoms with Crippen LogP contribution in [0.1, 0.15) is 38.5 Å². The molecule has 1 saturated heterocycles. The van der Waals surface area contributed by atoms with Gasteiger partial charge in [-0.3, -0.25) is 19.1 Å². The molecule has 4 rings (SSSR count). The molecule has 0 spiro atoms. The molecule has 8 nitrogen and oxygen atoms in total. The maximum Gasteiger partial charge on any atom is 0.328 e. The number of rotatable bonds is 4. The van der Waals surface area contributed by atoms with Crippen LogP contribution in [0.5, 0.6) is 0 Å². The summed E-state index contributed by atoms with van der Waals surface area (Å²) in [4.78, 5) is 52.8. The maximum absolute atomic E-state index is 13.0. The molecule has 1 amide bonds. The number of hydrogen-bond donors (Lipinski definition) is 2. The minimum absolute atomic E-state index is 0.0168. The number of carbonyl (C=O) groups excluding carboxylic acids is 1. The number of nitrogens with zero attached hydrogens (tertiary/aromatic N) is 2. The second-order valence-corrected chi connectivity index (χ2v) is 7.68. The highest BCUT2D eigenvalue weighted by Gasteiger charge is 2.47. The van der Waals surface area contributed by atoms with E-state index in [4.69, 9.17) is 0 Å². The van der Waals surface area contributed by atoms with E-state index in [0.717, 1.165) is 25.7 Å². The van der Waals surface area contributed by atoms with Crippen molar-refractivity contribution >= 4 is 22.8 Å². The van der Waals surface area contributed by atoms with Crippen molar-refractivity contribution in [1.82, 2.24) is 14.5 Å². The van der Waals surface area contributed by atoms with Crippen molar-refractivity contribution in [2.45, 2.75) is 57.2 Å². The number of fused-ring (bicyclic) bond motifs is 2. The number of H-pyrrole nitrogens is 1. The molecule has 1 saturated carbocycles. The van der Waals surface area contributed by atoms with Gasteiger partial charge < -0.3 is 10.0 Å². The Morgan fingerprint density at radius 1 is 1.14 bits per heavy atom. The molecule has 1 aromatic carbocycles. The predicted octanol–water partition coefficient (Wildman–Crippen LogP) is 1.32. The van der Waals surface area contributed by atoms with E-state index >= 15 is 0 Å². The number of benzene rings is 1. The minimum atomic E-state index is -0.964. The molecule has 0 unspecified atom stereocenters. The fourth-order valence-corrected chi connectivity index (χ4v) is 4.84. The lowest BCUT2D eigenvalue weighted by atomic mass is 9.84. The Bertz CT molecular complexity index is 1040. The number of likely N-dealkylation sites (tertiary alicyclic amines) is 1.